The molecule has 4 aliphatic rings. The Morgan fingerprint density at radius 2 is 1.87 bits per heavy atom. The number of fused-ring (bicyclic) bond motifs is 3. The van der Waals surface area contributed by atoms with Crippen LogP contribution in [-0.4, -0.2) is 43.2 Å². The van der Waals surface area contributed by atoms with Crippen molar-refractivity contribution in [1.29, 1.82) is 0 Å². The van der Waals surface area contributed by atoms with E-state index in [2.05, 4.69) is 24.0 Å². The van der Waals surface area contributed by atoms with Gasteiger partial charge >= 0.3 is 0 Å². The van der Waals surface area contributed by atoms with Gasteiger partial charge in [0.1, 0.15) is 12.4 Å². The van der Waals surface area contributed by atoms with Gasteiger partial charge in [-0.05, 0) is 80.6 Å². The third-order valence-corrected chi connectivity index (χ3v) is 7.83. The standard InChI is InChI=1S/C25H34FNO3/c1-3-20(16-26)18-30-22-6-4-21(5-7-22)24-8-11-25(12-9-24,13-10-24)23(28)27-14-15-29-17-19(27)2/h4-7,16,19H,3,8-15,17-18H2,1-2H3/b20-16+/t19-,24?,25?/m0/s1. The monoisotopic (exact) mass is 415 g/mol. The first kappa shape index (κ1) is 21.4. The molecule has 1 aromatic carbocycles. The fraction of sp³-hybridized carbons (Fsp3) is 0.640. The lowest BCUT2D eigenvalue weighted by Crippen LogP contribution is -2.57. The molecule has 1 amide bonds. The quantitative estimate of drug-likeness (QED) is 0.644. The van der Waals surface area contributed by atoms with Gasteiger partial charge < -0.3 is 14.4 Å². The fourth-order valence-electron chi connectivity index (χ4n) is 5.56. The number of amides is 1. The first-order valence-corrected chi connectivity index (χ1v) is 11.4. The van der Waals surface area contributed by atoms with E-state index in [1.807, 2.05) is 19.1 Å². The smallest absolute Gasteiger partial charge is 0.229 e. The summed E-state index contributed by atoms with van der Waals surface area (Å²) < 4.78 is 24.0. The Hall–Kier alpha value is -1.88. The Balaban J connectivity index is 1.41. The van der Waals surface area contributed by atoms with Crippen molar-refractivity contribution in [3.8, 4) is 5.75 Å². The Labute approximate surface area is 179 Å². The summed E-state index contributed by atoms with van der Waals surface area (Å²) in [5.41, 5.74) is 2.04. The van der Waals surface area contributed by atoms with Gasteiger partial charge in [-0.15, -0.1) is 0 Å². The maximum Gasteiger partial charge on any atom is 0.229 e. The van der Waals surface area contributed by atoms with Gasteiger partial charge in [0.05, 0.1) is 25.6 Å². The zero-order valence-corrected chi connectivity index (χ0v) is 18.3. The van der Waals surface area contributed by atoms with Crippen LogP contribution in [0.3, 0.4) is 0 Å². The molecule has 1 saturated heterocycles. The summed E-state index contributed by atoms with van der Waals surface area (Å²) in [6.45, 7) is 6.36. The summed E-state index contributed by atoms with van der Waals surface area (Å²) in [6.07, 6.45) is 7.46. The third-order valence-electron chi connectivity index (χ3n) is 7.83. The number of morpholine rings is 1. The zero-order valence-electron chi connectivity index (χ0n) is 18.3. The SMILES string of the molecule is CC/C(=C\F)COc1ccc(C23CCC(C(=O)N4CCOC[C@@H]4C)(CC2)CC3)cc1. The average molecular weight is 416 g/mol. The normalized spacial score (nSPS) is 31.6. The largest absolute Gasteiger partial charge is 0.489 e. The van der Waals surface area contributed by atoms with Crippen LogP contribution < -0.4 is 4.74 Å². The Morgan fingerprint density at radius 1 is 1.20 bits per heavy atom. The van der Waals surface area contributed by atoms with E-state index >= 15 is 0 Å². The van der Waals surface area contributed by atoms with Crippen molar-refractivity contribution in [2.24, 2.45) is 5.41 Å². The molecular formula is C25H34FNO3. The molecule has 4 nitrogen and oxygen atoms in total. The van der Waals surface area contributed by atoms with E-state index in [4.69, 9.17) is 9.47 Å². The molecule has 2 bridgehead atoms. The Morgan fingerprint density at radius 3 is 2.43 bits per heavy atom. The van der Waals surface area contributed by atoms with Crippen LogP contribution in [0.5, 0.6) is 5.75 Å². The maximum atomic E-state index is 13.4. The van der Waals surface area contributed by atoms with Crippen LogP contribution in [-0.2, 0) is 14.9 Å². The van der Waals surface area contributed by atoms with E-state index in [0.29, 0.717) is 44.1 Å². The minimum absolute atomic E-state index is 0.161. The number of hydrogen-bond donors (Lipinski definition) is 0. The number of halogens is 1. The second kappa shape index (κ2) is 8.70. The summed E-state index contributed by atoms with van der Waals surface area (Å²) in [6, 6.07) is 8.54. The highest BCUT2D eigenvalue weighted by atomic mass is 19.1. The molecule has 3 saturated carbocycles. The minimum atomic E-state index is -0.161. The lowest BCUT2D eigenvalue weighted by atomic mass is 9.51. The van der Waals surface area contributed by atoms with Crippen molar-refractivity contribution in [3.05, 3.63) is 41.7 Å². The highest BCUT2D eigenvalue weighted by molar-refractivity contribution is 5.83. The van der Waals surface area contributed by atoms with Crippen LogP contribution in [0.1, 0.15) is 64.4 Å². The van der Waals surface area contributed by atoms with E-state index < -0.39 is 0 Å². The zero-order chi connectivity index (χ0) is 21.2. The molecule has 5 heteroatoms. The predicted octanol–water partition coefficient (Wildman–Crippen LogP) is 5.17. The van der Waals surface area contributed by atoms with Crippen LogP contribution in [0.15, 0.2) is 36.2 Å². The van der Waals surface area contributed by atoms with Gasteiger partial charge in [0.15, 0.2) is 0 Å². The summed E-state index contributed by atoms with van der Waals surface area (Å²) in [5.74, 6) is 1.14. The molecule has 0 N–H and O–H groups in total. The maximum absolute atomic E-state index is 13.4. The summed E-state index contributed by atoms with van der Waals surface area (Å²) in [4.78, 5) is 15.5. The predicted molar refractivity (Wildman–Crippen MR) is 115 cm³/mol. The Bertz CT molecular complexity index is 764. The van der Waals surface area contributed by atoms with Gasteiger partial charge in [-0.2, -0.15) is 0 Å². The van der Waals surface area contributed by atoms with Gasteiger partial charge in [0, 0.05) is 12.0 Å². The number of hydrogen-bond acceptors (Lipinski definition) is 3. The van der Waals surface area contributed by atoms with Gasteiger partial charge in [0.2, 0.25) is 5.91 Å². The van der Waals surface area contributed by atoms with Crippen molar-refractivity contribution >= 4 is 5.91 Å². The van der Waals surface area contributed by atoms with Crippen LogP contribution >= 0.6 is 0 Å². The van der Waals surface area contributed by atoms with Crippen molar-refractivity contribution < 1.29 is 18.7 Å². The topological polar surface area (TPSA) is 38.8 Å². The van der Waals surface area contributed by atoms with E-state index in [-0.39, 0.29) is 16.9 Å². The van der Waals surface area contributed by atoms with E-state index in [9.17, 15) is 9.18 Å². The number of ether oxygens (including phenoxy) is 2. The van der Waals surface area contributed by atoms with Crippen molar-refractivity contribution in [1.82, 2.24) is 4.90 Å². The van der Waals surface area contributed by atoms with Crippen LogP contribution in [0.2, 0.25) is 0 Å². The molecular weight excluding hydrogens is 381 g/mol. The highest BCUT2D eigenvalue weighted by Gasteiger charge is 2.54. The van der Waals surface area contributed by atoms with Gasteiger partial charge in [-0.3, -0.25) is 4.79 Å². The molecule has 1 heterocycles. The van der Waals surface area contributed by atoms with E-state index in [1.165, 1.54) is 5.56 Å². The number of benzene rings is 1. The number of carbonyl (C=O) groups is 1. The van der Waals surface area contributed by atoms with Crippen molar-refractivity contribution in [3.63, 3.8) is 0 Å². The molecule has 4 fully saturated rings. The molecule has 0 aromatic heterocycles. The number of rotatable bonds is 6. The van der Waals surface area contributed by atoms with Crippen molar-refractivity contribution in [2.45, 2.75) is 70.3 Å². The molecule has 0 unspecified atom stereocenters. The lowest BCUT2D eigenvalue weighted by molar-refractivity contribution is -0.157. The van der Waals surface area contributed by atoms with Crippen LogP contribution in [0.25, 0.3) is 0 Å². The van der Waals surface area contributed by atoms with E-state index in [1.54, 1.807) is 0 Å². The number of nitrogens with zero attached hydrogens (tertiary/aromatic N) is 1. The second-order valence-electron chi connectivity index (χ2n) is 9.42. The third kappa shape index (κ3) is 3.89. The summed E-state index contributed by atoms with van der Waals surface area (Å²) in [7, 11) is 0. The summed E-state index contributed by atoms with van der Waals surface area (Å²) in [5, 5.41) is 0. The van der Waals surface area contributed by atoms with Crippen LogP contribution in [0.4, 0.5) is 4.39 Å². The Kier molecular flexibility index (Phi) is 6.19. The average Bonchev–Trinajstić information content (AvgIpc) is 2.81. The molecule has 0 radical (unpaired) electrons. The molecule has 1 aliphatic heterocycles. The first-order chi connectivity index (χ1) is 14.5. The van der Waals surface area contributed by atoms with E-state index in [0.717, 1.165) is 50.8 Å². The van der Waals surface area contributed by atoms with Gasteiger partial charge in [-0.1, -0.05) is 19.1 Å². The second-order valence-corrected chi connectivity index (χ2v) is 9.42. The molecule has 30 heavy (non-hydrogen) atoms. The first-order valence-electron chi connectivity index (χ1n) is 11.4. The molecule has 3 aliphatic carbocycles. The van der Waals surface area contributed by atoms with Gasteiger partial charge in [-0.25, -0.2) is 4.39 Å². The highest BCUT2D eigenvalue weighted by Crippen LogP contribution is 2.58. The van der Waals surface area contributed by atoms with Crippen LogP contribution in [0, 0.1) is 5.41 Å². The molecule has 1 atom stereocenters. The molecule has 164 valence electrons. The van der Waals surface area contributed by atoms with Gasteiger partial charge in [0.25, 0.3) is 0 Å². The van der Waals surface area contributed by atoms with Crippen molar-refractivity contribution in [2.75, 3.05) is 26.4 Å². The lowest BCUT2D eigenvalue weighted by Gasteiger charge is -2.54. The molecule has 5 rings (SSSR count). The number of carbonyl (C=O) groups excluding carboxylic acids is 1. The summed E-state index contributed by atoms with van der Waals surface area (Å²) >= 11 is 0. The molecule has 1 aromatic rings. The fourth-order valence-corrected chi connectivity index (χ4v) is 5.56. The molecule has 0 spiro atoms. The minimum Gasteiger partial charge on any atom is -0.489 e.